The van der Waals surface area contributed by atoms with E-state index in [-0.39, 0.29) is 17.1 Å². The van der Waals surface area contributed by atoms with Gasteiger partial charge in [0.1, 0.15) is 0 Å². The van der Waals surface area contributed by atoms with Crippen molar-refractivity contribution in [3.8, 4) is 11.8 Å². The van der Waals surface area contributed by atoms with E-state index in [2.05, 4.69) is 11.8 Å². The summed E-state index contributed by atoms with van der Waals surface area (Å²) in [6, 6.07) is 0. The Labute approximate surface area is 110 Å². The van der Waals surface area contributed by atoms with Gasteiger partial charge in [0, 0.05) is 23.1 Å². The minimum atomic E-state index is -5.42. The molecule has 0 aliphatic carbocycles. The normalized spacial score (nSPS) is 11.2. The first-order valence-corrected chi connectivity index (χ1v) is 3.89. The number of allylic oxidation sites excluding steroid dienone is 2. The zero-order chi connectivity index (χ0) is 14.3. The quantitative estimate of drug-likeness (QED) is 0.264. The number of ketones is 1. The maximum atomic E-state index is 11.4. The number of hydrogen-bond acceptors (Lipinski definition) is 2. The van der Waals surface area contributed by atoms with Crippen LogP contribution in [0.15, 0.2) is 11.8 Å². The van der Waals surface area contributed by atoms with Gasteiger partial charge in [-0.2, -0.15) is 26.3 Å². The Morgan fingerprint density at radius 1 is 1.00 bits per heavy atom. The number of aliphatic hydroxyl groups is 1. The molecule has 0 unspecified atom stereocenters. The first-order valence-electron chi connectivity index (χ1n) is 3.89. The van der Waals surface area contributed by atoms with Crippen molar-refractivity contribution in [2.24, 2.45) is 0 Å². The summed E-state index contributed by atoms with van der Waals surface area (Å²) in [6.45, 7) is 3.64. The van der Waals surface area contributed by atoms with E-state index in [1.54, 1.807) is 0 Å². The molecule has 2 nitrogen and oxygen atoms in total. The smallest absolute Gasteiger partial charge is 0.454 e. The van der Waals surface area contributed by atoms with Crippen molar-refractivity contribution in [1.82, 2.24) is 0 Å². The fourth-order valence-electron chi connectivity index (χ4n) is 0.288. The molecule has 0 aromatic rings. The van der Waals surface area contributed by atoms with Gasteiger partial charge >= 0.3 is 12.4 Å². The van der Waals surface area contributed by atoms with Crippen LogP contribution in [0.2, 0.25) is 0 Å². The molecule has 18 heavy (non-hydrogen) atoms. The van der Waals surface area contributed by atoms with E-state index in [0.717, 1.165) is 0 Å². The molecule has 0 bridgehead atoms. The molecule has 0 aliphatic rings. The molecule has 0 amide bonds. The van der Waals surface area contributed by atoms with Crippen molar-refractivity contribution in [3.05, 3.63) is 11.8 Å². The Balaban J connectivity index is -0.000000392. The van der Waals surface area contributed by atoms with Crippen LogP contribution < -0.4 is 0 Å². The molecule has 0 heterocycles. The van der Waals surface area contributed by atoms with E-state index < -0.39 is 30.0 Å². The fraction of sp³-hybridized carbons (Fsp3) is 0.444. The van der Waals surface area contributed by atoms with Crippen LogP contribution in [0.5, 0.6) is 0 Å². The van der Waals surface area contributed by atoms with Crippen LogP contribution in [0.3, 0.4) is 0 Å². The molecule has 0 atom stereocenters. The molecule has 9 heteroatoms. The molecular weight excluding hydrogens is 318 g/mol. The van der Waals surface area contributed by atoms with Gasteiger partial charge in [-0.05, 0) is 13.8 Å². The van der Waals surface area contributed by atoms with Crippen molar-refractivity contribution >= 4 is 5.78 Å². The summed E-state index contributed by atoms with van der Waals surface area (Å²) in [6.07, 6.45) is -11.7. The third-order valence-corrected chi connectivity index (χ3v) is 1.09. The van der Waals surface area contributed by atoms with Crippen LogP contribution in [0.1, 0.15) is 13.8 Å². The second-order valence-corrected chi connectivity index (χ2v) is 2.39. The van der Waals surface area contributed by atoms with Crippen molar-refractivity contribution in [3.63, 3.8) is 0 Å². The molecule has 0 aromatic heterocycles. The topological polar surface area (TPSA) is 37.3 Å². The molecule has 0 saturated carbocycles. The molecule has 1 N–H and O–H groups in total. The van der Waals surface area contributed by atoms with Crippen molar-refractivity contribution in [1.29, 1.82) is 0 Å². The van der Waals surface area contributed by atoms with Gasteiger partial charge in [0.2, 0.25) is 5.76 Å². The van der Waals surface area contributed by atoms with E-state index in [1.165, 1.54) is 0 Å². The third-order valence-electron chi connectivity index (χ3n) is 1.09. The Bertz CT molecular complexity index is 339. The van der Waals surface area contributed by atoms with Crippen LogP contribution in [0.25, 0.3) is 0 Å². The van der Waals surface area contributed by atoms with E-state index in [0.29, 0.717) is 0 Å². The van der Waals surface area contributed by atoms with Gasteiger partial charge < -0.3 is 5.11 Å². The largest absolute Gasteiger partial charge is 0.504 e. The monoisotopic (exact) mass is 325 g/mol. The Kier molecular flexibility index (Phi) is 10.9. The number of hydrogen-bond donors (Lipinski definition) is 1. The number of alkyl halides is 6. The molecule has 0 rings (SSSR count). The number of halogens is 6. The molecule has 0 saturated heterocycles. The van der Waals surface area contributed by atoms with E-state index in [4.69, 9.17) is 5.11 Å². The van der Waals surface area contributed by atoms with Crippen LogP contribution in [-0.2, 0) is 21.9 Å². The van der Waals surface area contributed by atoms with E-state index >= 15 is 0 Å². The van der Waals surface area contributed by atoms with Crippen LogP contribution in [0, 0.1) is 11.8 Å². The maximum absolute atomic E-state index is 11.4. The van der Waals surface area contributed by atoms with E-state index in [1.807, 2.05) is 13.8 Å². The van der Waals surface area contributed by atoms with Gasteiger partial charge in [0.05, 0.1) is 0 Å². The average Bonchev–Trinajstić information content (AvgIpc) is 2.15. The first-order chi connectivity index (χ1) is 7.46. The number of aliphatic hydroxyl groups excluding tert-OH is 1. The van der Waals surface area contributed by atoms with E-state index in [9.17, 15) is 31.1 Å². The first kappa shape index (κ1) is 22.1. The second-order valence-electron chi connectivity index (χ2n) is 2.39. The average molecular weight is 326 g/mol. The number of carbonyl (C=O) groups excluding carboxylic acids is 1. The summed E-state index contributed by atoms with van der Waals surface area (Å²) >= 11 is 0. The molecule has 0 spiro atoms. The van der Waals surface area contributed by atoms with Gasteiger partial charge in [0.15, 0.2) is 0 Å². The zero-order valence-electron chi connectivity index (χ0n) is 9.00. The second kappa shape index (κ2) is 8.89. The summed E-state index contributed by atoms with van der Waals surface area (Å²) in [5.41, 5.74) is 0. The number of rotatable bonds is 1. The molecule has 0 fully saturated rings. The summed E-state index contributed by atoms with van der Waals surface area (Å²) in [5.74, 6) is 0.0251. The summed E-state index contributed by atoms with van der Waals surface area (Å²) in [4.78, 5) is 9.86. The summed E-state index contributed by atoms with van der Waals surface area (Å²) in [7, 11) is 0. The van der Waals surface area contributed by atoms with Gasteiger partial charge in [0.25, 0.3) is 5.78 Å². The number of carbonyl (C=O) groups is 1. The Morgan fingerprint density at radius 3 is 1.50 bits per heavy atom. The van der Waals surface area contributed by atoms with Gasteiger partial charge in [-0.15, -0.1) is 11.8 Å². The van der Waals surface area contributed by atoms with Crippen molar-refractivity contribution < 1.29 is 53.3 Å². The standard InChI is InChI=1S/C5H2F6O2.C4H6.Cu/c6-4(7,8)2(12)1-3(13)5(9,10)11;1-3-4-2;/h1,12H;1-2H3;. The third kappa shape index (κ3) is 11.4. The Hall–Kier alpha value is -1.13. The molecule has 0 aromatic carbocycles. The van der Waals surface area contributed by atoms with Gasteiger partial charge in [-0.1, -0.05) is 0 Å². The molecular formula is C9H8CuF6O2. The van der Waals surface area contributed by atoms with Crippen LogP contribution in [-0.4, -0.2) is 23.2 Å². The predicted molar refractivity (Wildman–Crippen MR) is 47.0 cm³/mol. The molecule has 109 valence electrons. The summed E-state index contributed by atoms with van der Waals surface area (Å²) in [5, 5.41) is 7.93. The minimum Gasteiger partial charge on any atom is -0.504 e. The van der Waals surface area contributed by atoms with Gasteiger partial charge in [-0.3, -0.25) is 4.79 Å². The van der Waals surface area contributed by atoms with Gasteiger partial charge in [-0.25, -0.2) is 0 Å². The maximum Gasteiger partial charge on any atom is 0.454 e. The SMILES string of the molecule is CC#CC.O=C(C=C(O)C(F)(F)F)C(F)(F)F.[Cu]. The Morgan fingerprint density at radius 2 is 1.33 bits per heavy atom. The van der Waals surface area contributed by atoms with Crippen molar-refractivity contribution in [2.75, 3.05) is 0 Å². The zero-order valence-corrected chi connectivity index (χ0v) is 9.94. The molecule has 0 aliphatic heterocycles. The molecule has 1 radical (unpaired) electrons. The summed E-state index contributed by atoms with van der Waals surface area (Å²) < 4.78 is 68.1. The minimum absolute atomic E-state index is 0. The van der Waals surface area contributed by atoms with Crippen LogP contribution >= 0.6 is 0 Å². The van der Waals surface area contributed by atoms with Crippen LogP contribution in [0.4, 0.5) is 26.3 Å². The van der Waals surface area contributed by atoms with Crippen molar-refractivity contribution in [2.45, 2.75) is 26.2 Å². The fourth-order valence-corrected chi connectivity index (χ4v) is 0.288. The predicted octanol–water partition coefficient (Wildman–Crippen LogP) is 3.15.